The highest BCUT2D eigenvalue weighted by atomic mass is 19.1. The number of nitrogens with two attached hydrogens (primary N) is 1. The molecule has 0 spiro atoms. The van der Waals surface area contributed by atoms with Gasteiger partial charge in [-0.3, -0.25) is 9.69 Å². The standard InChI is InChI=1S/C24H32FN3O/c1-18(2)23-17-27(16-19-8-4-3-5-9-19)12-13-28(23)24(29)15-21(26)14-20-10-6-7-11-22(20)25/h3-11,18,21,23H,12-17,26H2,1-2H3/t21-,23+/m1/s1. The van der Waals surface area contributed by atoms with E-state index in [-0.39, 0.29) is 30.2 Å². The quantitative estimate of drug-likeness (QED) is 0.778. The second kappa shape index (κ2) is 9.99. The molecule has 1 aliphatic heterocycles. The van der Waals surface area contributed by atoms with Gasteiger partial charge in [0.15, 0.2) is 0 Å². The topological polar surface area (TPSA) is 49.6 Å². The first kappa shape index (κ1) is 21.5. The van der Waals surface area contributed by atoms with E-state index in [4.69, 9.17) is 5.73 Å². The molecule has 0 aromatic heterocycles. The van der Waals surface area contributed by atoms with Crippen molar-refractivity contribution in [2.75, 3.05) is 19.6 Å². The van der Waals surface area contributed by atoms with E-state index in [2.05, 4.69) is 43.0 Å². The zero-order chi connectivity index (χ0) is 20.8. The van der Waals surface area contributed by atoms with Crippen LogP contribution in [0.2, 0.25) is 0 Å². The minimum Gasteiger partial charge on any atom is -0.337 e. The van der Waals surface area contributed by atoms with E-state index in [1.54, 1.807) is 18.2 Å². The van der Waals surface area contributed by atoms with Crippen LogP contribution in [0.15, 0.2) is 54.6 Å². The number of amides is 1. The largest absolute Gasteiger partial charge is 0.337 e. The van der Waals surface area contributed by atoms with Crippen molar-refractivity contribution in [2.45, 2.75) is 45.3 Å². The molecule has 156 valence electrons. The number of benzene rings is 2. The molecule has 0 aliphatic carbocycles. The van der Waals surface area contributed by atoms with E-state index in [1.165, 1.54) is 11.6 Å². The molecule has 5 heteroatoms. The highest BCUT2D eigenvalue weighted by Gasteiger charge is 2.32. The van der Waals surface area contributed by atoms with Crippen molar-refractivity contribution in [1.29, 1.82) is 0 Å². The van der Waals surface area contributed by atoms with E-state index in [0.717, 1.165) is 19.6 Å². The van der Waals surface area contributed by atoms with Crippen molar-refractivity contribution in [1.82, 2.24) is 9.80 Å². The van der Waals surface area contributed by atoms with Crippen molar-refractivity contribution in [3.63, 3.8) is 0 Å². The second-order valence-electron chi connectivity index (χ2n) is 8.38. The van der Waals surface area contributed by atoms with Gasteiger partial charge in [0.2, 0.25) is 5.91 Å². The van der Waals surface area contributed by atoms with Gasteiger partial charge in [-0.2, -0.15) is 0 Å². The third-order valence-electron chi connectivity index (χ3n) is 5.72. The van der Waals surface area contributed by atoms with Gasteiger partial charge < -0.3 is 10.6 Å². The van der Waals surface area contributed by atoms with Crippen molar-refractivity contribution < 1.29 is 9.18 Å². The highest BCUT2D eigenvalue weighted by Crippen LogP contribution is 2.21. The van der Waals surface area contributed by atoms with Crippen molar-refractivity contribution in [2.24, 2.45) is 11.7 Å². The van der Waals surface area contributed by atoms with Crippen LogP contribution in [0.1, 0.15) is 31.4 Å². The normalized spacial score (nSPS) is 18.8. The SMILES string of the molecule is CC(C)[C@@H]1CN(Cc2ccccc2)CCN1C(=O)C[C@H](N)Cc1ccccc1F. The van der Waals surface area contributed by atoms with Gasteiger partial charge in [0.1, 0.15) is 5.82 Å². The number of nitrogens with zero attached hydrogens (tertiary/aromatic N) is 2. The monoisotopic (exact) mass is 397 g/mol. The van der Waals surface area contributed by atoms with E-state index >= 15 is 0 Å². The maximum absolute atomic E-state index is 13.9. The lowest BCUT2D eigenvalue weighted by molar-refractivity contribution is -0.138. The predicted octanol–water partition coefficient (Wildman–Crippen LogP) is 3.45. The number of halogens is 1. The summed E-state index contributed by atoms with van der Waals surface area (Å²) in [5, 5.41) is 0. The first-order chi connectivity index (χ1) is 13.9. The summed E-state index contributed by atoms with van der Waals surface area (Å²) in [6.07, 6.45) is 0.620. The average Bonchev–Trinajstić information content (AvgIpc) is 2.70. The molecule has 1 saturated heterocycles. The lowest BCUT2D eigenvalue weighted by Gasteiger charge is -2.44. The first-order valence-corrected chi connectivity index (χ1v) is 10.5. The average molecular weight is 398 g/mol. The predicted molar refractivity (Wildman–Crippen MR) is 115 cm³/mol. The van der Waals surface area contributed by atoms with Crippen LogP contribution >= 0.6 is 0 Å². The summed E-state index contributed by atoms with van der Waals surface area (Å²) in [6.45, 7) is 7.65. The van der Waals surface area contributed by atoms with Crippen molar-refractivity contribution in [3.05, 3.63) is 71.5 Å². The van der Waals surface area contributed by atoms with E-state index in [9.17, 15) is 9.18 Å². The van der Waals surface area contributed by atoms with E-state index in [0.29, 0.717) is 24.4 Å². The number of rotatable bonds is 7. The van der Waals surface area contributed by atoms with Gasteiger partial charge >= 0.3 is 0 Å². The Bertz CT molecular complexity index is 796. The van der Waals surface area contributed by atoms with E-state index in [1.807, 2.05) is 11.0 Å². The minimum atomic E-state index is -0.380. The van der Waals surface area contributed by atoms with Crippen LogP contribution in [0.25, 0.3) is 0 Å². The molecule has 2 aromatic carbocycles. The lowest BCUT2D eigenvalue weighted by Crippen LogP contribution is -2.57. The third kappa shape index (κ3) is 5.87. The van der Waals surface area contributed by atoms with Crippen molar-refractivity contribution >= 4 is 5.91 Å². The molecule has 29 heavy (non-hydrogen) atoms. The number of hydrogen-bond donors (Lipinski definition) is 1. The van der Waals surface area contributed by atoms with Gasteiger partial charge in [-0.05, 0) is 29.5 Å². The molecule has 0 saturated carbocycles. The fraction of sp³-hybridized carbons (Fsp3) is 0.458. The van der Waals surface area contributed by atoms with Gasteiger partial charge in [0, 0.05) is 44.7 Å². The molecule has 0 unspecified atom stereocenters. The van der Waals surface area contributed by atoms with Crippen molar-refractivity contribution in [3.8, 4) is 0 Å². The second-order valence-corrected chi connectivity index (χ2v) is 8.38. The molecule has 2 aromatic rings. The summed E-state index contributed by atoms with van der Waals surface area (Å²) in [5.41, 5.74) is 8.07. The maximum atomic E-state index is 13.9. The summed E-state index contributed by atoms with van der Waals surface area (Å²) < 4.78 is 13.9. The molecule has 2 atom stereocenters. The third-order valence-corrected chi connectivity index (χ3v) is 5.72. The molecule has 0 bridgehead atoms. The number of piperazine rings is 1. The number of carbonyl (C=O) groups excluding carboxylic acids is 1. The summed E-state index contributed by atoms with van der Waals surface area (Å²) in [4.78, 5) is 17.4. The Morgan fingerprint density at radius 3 is 2.48 bits per heavy atom. The van der Waals surface area contributed by atoms with Crippen LogP contribution in [0.3, 0.4) is 0 Å². The van der Waals surface area contributed by atoms with Gasteiger partial charge in [-0.15, -0.1) is 0 Å². The zero-order valence-corrected chi connectivity index (χ0v) is 17.4. The minimum absolute atomic E-state index is 0.0758. The smallest absolute Gasteiger partial charge is 0.224 e. The molecule has 2 N–H and O–H groups in total. The Hall–Kier alpha value is -2.24. The van der Waals surface area contributed by atoms with Crippen LogP contribution in [0, 0.1) is 11.7 Å². The van der Waals surface area contributed by atoms with Crippen LogP contribution in [-0.4, -0.2) is 47.4 Å². The van der Waals surface area contributed by atoms with Gasteiger partial charge in [0.25, 0.3) is 0 Å². The Labute approximate surface area is 173 Å². The van der Waals surface area contributed by atoms with Crippen LogP contribution in [0.5, 0.6) is 0 Å². The number of carbonyl (C=O) groups is 1. The molecule has 1 heterocycles. The highest BCUT2D eigenvalue weighted by molar-refractivity contribution is 5.77. The summed E-state index contributed by atoms with van der Waals surface area (Å²) in [5.74, 6) is 0.178. The Kier molecular flexibility index (Phi) is 7.40. The number of hydrogen-bond acceptors (Lipinski definition) is 3. The van der Waals surface area contributed by atoms with Gasteiger partial charge in [-0.1, -0.05) is 62.4 Å². The fourth-order valence-electron chi connectivity index (χ4n) is 4.10. The van der Waals surface area contributed by atoms with Gasteiger partial charge in [-0.25, -0.2) is 4.39 Å². The maximum Gasteiger partial charge on any atom is 0.224 e. The zero-order valence-electron chi connectivity index (χ0n) is 17.4. The molecule has 1 aliphatic rings. The first-order valence-electron chi connectivity index (χ1n) is 10.5. The fourth-order valence-corrected chi connectivity index (χ4v) is 4.10. The van der Waals surface area contributed by atoms with Gasteiger partial charge in [0.05, 0.1) is 0 Å². The van der Waals surface area contributed by atoms with Crippen LogP contribution in [-0.2, 0) is 17.8 Å². The molecule has 4 nitrogen and oxygen atoms in total. The van der Waals surface area contributed by atoms with E-state index < -0.39 is 0 Å². The molecule has 3 rings (SSSR count). The molecular weight excluding hydrogens is 365 g/mol. The summed E-state index contributed by atoms with van der Waals surface area (Å²) >= 11 is 0. The Morgan fingerprint density at radius 2 is 1.79 bits per heavy atom. The Balaban J connectivity index is 1.58. The molecule has 0 radical (unpaired) electrons. The molecular formula is C24H32FN3O. The van der Waals surface area contributed by atoms with Crippen LogP contribution in [0.4, 0.5) is 4.39 Å². The molecule has 1 fully saturated rings. The molecule has 1 amide bonds. The Morgan fingerprint density at radius 1 is 1.10 bits per heavy atom. The summed E-state index contributed by atoms with van der Waals surface area (Å²) in [6, 6.07) is 16.9. The lowest BCUT2D eigenvalue weighted by atomic mass is 9.97. The van der Waals surface area contributed by atoms with Crippen LogP contribution < -0.4 is 5.73 Å². The summed E-state index contributed by atoms with van der Waals surface area (Å²) in [7, 11) is 0.